The Morgan fingerprint density at radius 2 is 1.76 bits per heavy atom. The van der Waals surface area contributed by atoms with E-state index in [0.717, 1.165) is 13.1 Å². The fraction of sp³-hybridized carbons (Fsp3) is 0.360. The van der Waals surface area contributed by atoms with Gasteiger partial charge in [-0.25, -0.2) is 0 Å². The minimum atomic E-state index is -0.846. The summed E-state index contributed by atoms with van der Waals surface area (Å²) >= 11 is 5.99. The van der Waals surface area contributed by atoms with Gasteiger partial charge in [-0.05, 0) is 42.5 Å². The van der Waals surface area contributed by atoms with Crippen LogP contribution in [0.25, 0.3) is 5.76 Å². The van der Waals surface area contributed by atoms with E-state index in [1.807, 2.05) is 0 Å². The van der Waals surface area contributed by atoms with E-state index in [-0.39, 0.29) is 11.3 Å². The summed E-state index contributed by atoms with van der Waals surface area (Å²) in [6.45, 7) is 3.63. The van der Waals surface area contributed by atoms with Crippen LogP contribution in [0.3, 0.4) is 0 Å². The Morgan fingerprint density at radius 1 is 1.06 bits per heavy atom. The van der Waals surface area contributed by atoms with Crippen molar-refractivity contribution in [2.24, 2.45) is 0 Å². The van der Waals surface area contributed by atoms with E-state index in [4.69, 9.17) is 25.8 Å². The van der Waals surface area contributed by atoms with Crippen LogP contribution in [0, 0.1) is 0 Å². The van der Waals surface area contributed by atoms with E-state index in [1.54, 1.807) is 42.5 Å². The van der Waals surface area contributed by atoms with Crippen LogP contribution >= 0.6 is 11.6 Å². The van der Waals surface area contributed by atoms with Gasteiger partial charge in [-0.2, -0.15) is 0 Å². The monoisotopic (exact) mass is 486 g/mol. The minimum Gasteiger partial charge on any atom is -0.507 e. The number of amides is 1. The number of halogens is 1. The number of morpholine rings is 1. The summed E-state index contributed by atoms with van der Waals surface area (Å²) in [4.78, 5) is 30.1. The van der Waals surface area contributed by atoms with Crippen molar-refractivity contribution in [1.82, 2.24) is 9.80 Å². The Bertz CT molecular complexity index is 1100. The lowest BCUT2D eigenvalue weighted by molar-refractivity contribution is -0.140. The van der Waals surface area contributed by atoms with E-state index < -0.39 is 17.7 Å². The Labute approximate surface area is 203 Å². The zero-order chi connectivity index (χ0) is 24.2. The van der Waals surface area contributed by atoms with Crippen molar-refractivity contribution < 1.29 is 28.9 Å². The van der Waals surface area contributed by atoms with Gasteiger partial charge in [0.1, 0.15) is 17.3 Å². The molecule has 180 valence electrons. The van der Waals surface area contributed by atoms with Crippen molar-refractivity contribution >= 4 is 29.1 Å². The van der Waals surface area contributed by atoms with E-state index in [0.29, 0.717) is 54.0 Å². The number of aliphatic hydroxyl groups is 1. The summed E-state index contributed by atoms with van der Waals surface area (Å²) in [5.41, 5.74) is 0.946. The highest BCUT2D eigenvalue weighted by molar-refractivity contribution is 6.46. The number of hydrogen-bond acceptors (Lipinski definition) is 7. The zero-order valence-corrected chi connectivity index (χ0v) is 19.9. The second kappa shape index (κ2) is 10.5. The maximum atomic E-state index is 13.2. The fourth-order valence-corrected chi connectivity index (χ4v) is 4.45. The number of carbonyl (C=O) groups is 2. The molecule has 0 aromatic heterocycles. The number of methoxy groups -OCH3 is 2. The number of ether oxygens (including phenoxy) is 3. The summed E-state index contributed by atoms with van der Waals surface area (Å²) in [6.07, 6.45) is 0. The number of hydrogen-bond donors (Lipinski definition) is 1. The molecule has 1 atom stereocenters. The van der Waals surface area contributed by atoms with Crippen molar-refractivity contribution in [2.75, 3.05) is 53.6 Å². The molecule has 2 heterocycles. The number of rotatable bonds is 7. The molecular formula is C25H27ClN2O6. The molecule has 0 bridgehead atoms. The highest BCUT2D eigenvalue weighted by Crippen LogP contribution is 2.43. The summed E-state index contributed by atoms with van der Waals surface area (Å²) < 4.78 is 16.4. The van der Waals surface area contributed by atoms with Crippen LogP contribution in [-0.2, 0) is 14.3 Å². The molecule has 34 heavy (non-hydrogen) atoms. The molecule has 0 spiro atoms. The van der Waals surface area contributed by atoms with Crippen LogP contribution in [0.1, 0.15) is 17.2 Å². The van der Waals surface area contributed by atoms with Crippen LogP contribution in [0.2, 0.25) is 5.02 Å². The molecule has 9 heteroatoms. The second-order valence-electron chi connectivity index (χ2n) is 8.06. The quantitative estimate of drug-likeness (QED) is 0.365. The molecular weight excluding hydrogens is 460 g/mol. The molecule has 0 saturated carbocycles. The molecule has 2 aliphatic rings. The van der Waals surface area contributed by atoms with Gasteiger partial charge in [-0.1, -0.05) is 11.6 Å². The highest BCUT2D eigenvalue weighted by Gasteiger charge is 2.47. The number of carbonyl (C=O) groups excluding carboxylic acids is 2. The normalized spacial score (nSPS) is 20.6. The predicted octanol–water partition coefficient (Wildman–Crippen LogP) is 3.11. The molecule has 2 aromatic carbocycles. The van der Waals surface area contributed by atoms with E-state index in [2.05, 4.69) is 4.90 Å². The van der Waals surface area contributed by atoms with Crippen molar-refractivity contribution in [1.29, 1.82) is 0 Å². The second-order valence-corrected chi connectivity index (χ2v) is 8.50. The number of benzene rings is 2. The first-order chi connectivity index (χ1) is 16.4. The summed E-state index contributed by atoms with van der Waals surface area (Å²) in [5, 5.41) is 11.7. The van der Waals surface area contributed by atoms with Crippen molar-refractivity contribution in [3.8, 4) is 11.5 Å². The Hall–Kier alpha value is -3.07. The maximum absolute atomic E-state index is 13.2. The van der Waals surface area contributed by atoms with Gasteiger partial charge >= 0.3 is 0 Å². The fourth-order valence-electron chi connectivity index (χ4n) is 4.32. The van der Waals surface area contributed by atoms with Gasteiger partial charge in [0.25, 0.3) is 11.7 Å². The van der Waals surface area contributed by atoms with Gasteiger partial charge in [0, 0.05) is 42.3 Å². The molecule has 0 radical (unpaired) electrons. The molecule has 0 unspecified atom stereocenters. The smallest absolute Gasteiger partial charge is 0.295 e. The number of likely N-dealkylation sites (tertiary alicyclic amines) is 1. The average molecular weight is 487 g/mol. The first kappa shape index (κ1) is 24.1. The lowest BCUT2D eigenvalue weighted by Crippen LogP contribution is -2.42. The van der Waals surface area contributed by atoms with Crippen molar-refractivity contribution in [3.05, 3.63) is 64.2 Å². The van der Waals surface area contributed by atoms with Crippen LogP contribution in [0.4, 0.5) is 0 Å². The standard InChI is InChI=1S/C25H27ClN2O6/c1-32-18-7-8-20(33-2)19(15-18)22-21(23(29)16-3-5-17(26)6-4-16)24(30)25(31)28(22)10-9-27-11-13-34-14-12-27/h3-8,15,22,29H,9-14H2,1-2H3/t22-/m1/s1. The minimum absolute atomic E-state index is 0.000790. The summed E-state index contributed by atoms with van der Waals surface area (Å²) in [6, 6.07) is 10.8. The zero-order valence-electron chi connectivity index (χ0n) is 19.1. The van der Waals surface area contributed by atoms with Gasteiger partial charge in [0.2, 0.25) is 0 Å². The van der Waals surface area contributed by atoms with Crippen LogP contribution < -0.4 is 9.47 Å². The van der Waals surface area contributed by atoms with Gasteiger partial charge in [-0.3, -0.25) is 14.5 Å². The SMILES string of the molecule is COc1ccc(OC)c([C@@H]2C(=C(O)c3ccc(Cl)cc3)C(=O)C(=O)N2CCN2CCOCC2)c1. The molecule has 2 aromatic rings. The van der Waals surface area contributed by atoms with E-state index >= 15 is 0 Å². The van der Waals surface area contributed by atoms with Gasteiger partial charge < -0.3 is 24.2 Å². The molecule has 2 saturated heterocycles. The Morgan fingerprint density at radius 3 is 2.41 bits per heavy atom. The third-order valence-electron chi connectivity index (χ3n) is 6.15. The van der Waals surface area contributed by atoms with Crippen LogP contribution in [-0.4, -0.2) is 80.2 Å². The number of nitrogens with zero attached hydrogens (tertiary/aromatic N) is 2. The molecule has 2 fully saturated rings. The predicted molar refractivity (Wildman–Crippen MR) is 127 cm³/mol. The molecule has 4 rings (SSSR count). The number of aliphatic hydroxyl groups excluding tert-OH is 1. The summed E-state index contributed by atoms with van der Waals surface area (Å²) in [7, 11) is 3.05. The third kappa shape index (κ3) is 4.75. The van der Waals surface area contributed by atoms with Gasteiger partial charge in [-0.15, -0.1) is 0 Å². The first-order valence-electron chi connectivity index (χ1n) is 11.0. The lowest BCUT2D eigenvalue weighted by Gasteiger charge is -2.31. The first-order valence-corrected chi connectivity index (χ1v) is 11.4. The molecule has 1 N–H and O–H groups in total. The maximum Gasteiger partial charge on any atom is 0.295 e. The summed E-state index contributed by atoms with van der Waals surface area (Å²) in [5.74, 6) is -0.658. The van der Waals surface area contributed by atoms with Crippen LogP contribution in [0.15, 0.2) is 48.0 Å². The van der Waals surface area contributed by atoms with Gasteiger partial charge in [0.05, 0.1) is 39.0 Å². The third-order valence-corrected chi connectivity index (χ3v) is 6.40. The van der Waals surface area contributed by atoms with Crippen LogP contribution in [0.5, 0.6) is 11.5 Å². The number of ketones is 1. The number of Topliss-reactive ketones (excluding diaryl/α,β-unsaturated/α-hetero) is 1. The van der Waals surface area contributed by atoms with E-state index in [9.17, 15) is 14.7 Å². The van der Waals surface area contributed by atoms with E-state index in [1.165, 1.54) is 19.1 Å². The topological polar surface area (TPSA) is 88.5 Å². The van der Waals surface area contributed by atoms with Gasteiger partial charge in [0.15, 0.2) is 0 Å². The molecule has 2 aliphatic heterocycles. The highest BCUT2D eigenvalue weighted by atomic mass is 35.5. The molecule has 1 amide bonds. The Balaban J connectivity index is 1.81. The van der Waals surface area contributed by atoms with Crippen molar-refractivity contribution in [3.63, 3.8) is 0 Å². The Kier molecular flexibility index (Phi) is 7.41. The van der Waals surface area contributed by atoms with Crippen molar-refractivity contribution in [2.45, 2.75) is 6.04 Å². The molecule has 8 nitrogen and oxygen atoms in total. The lowest BCUT2D eigenvalue weighted by atomic mass is 9.94. The average Bonchev–Trinajstić information content (AvgIpc) is 3.12. The molecule has 0 aliphatic carbocycles. The largest absolute Gasteiger partial charge is 0.507 e.